The van der Waals surface area contributed by atoms with Gasteiger partial charge < -0.3 is 5.32 Å². The van der Waals surface area contributed by atoms with E-state index in [2.05, 4.69) is 15.4 Å². The van der Waals surface area contributed by atoms with Gasteiger partial charge in [0.25, 0.3) is 0 Å². The molecule has 0 radical (unpaired) electrons. The van der Waals surface area contributed by atoms with Gasteiger partial charge in [0.15, 0.2) is 0 Å². The van der Waals surface area contributed by atoms with E-state index in [1.165, 1.54) is 0 Å². The minimum absolute atomic E-state index is 0.0413. The van der Waals surface area contributed by atoms with Crippen molar-refractivity contribution in [1.82, 2.24) is 14.8 Å². The molecule has 0 aliphatic carbocycles. The first-order valence-corrected chi connectivity index (χ1v) is 5.77. The van der Waals surface area contributed by atoms with Crippen LogP contribution in [0.2, 0.25) is 0 Å². The van der Waals surface area contributed by atoms with Gasteiger partial charge in [-0.25, -0.2) is 0 Å². The molecule has 0 bridgehead atoms. The molecule has 0 aliphatic heterocycles. The van der Waals surface area contributed by atoms with E-state index in [-0.39, 0.29) is 5.91 Å². The maximum absolute atomic E-state index is 11.9. The first-order chi connectivity index (χ1) is 8.58. The summed E-state index contributed by atoms with van der Waals surface area (Å²) in [4.78, 5) is 15.8. The maximum Gasteiger partial charge on any atom is 0.228 e. The van der Waals surface area contributed by atoms with Gasteiger partial charge in [0.05, 0.1) is 12.1 Å². The summed E-state index contributed by atoms with van der Waals surface area (Å²) in [5, 5.41) is 7.14. The predicted octanol–water partition coefficient (Wildman–Crippen LogP) is 1.61. The van der Waals surface area contributed by atoms with Crippen molar-refractivity contribution >= 4 is 11.6 Å². The number of pyridine rings is 1. The molecule has 94 valence electrons. The lowest BCUT2D eigenvalue weighted by atomic mass is 10.1. The first kappa shape index (κ1) is 12.3. The highest BCUT2D eigenvalue weighted by Gasteiger charge is 2.13. The number of aryl methyl sites for hydroxylation is 2. The van der Waals surface area contributed by atoms with Gasteiger partial charge in [-0.3, -0.25) is 14.5 Å². The van der Waals surface area contributed by atoms with Crippen LogP contribution in [0.1, 0.15) is 17.0 Å². The van der Waals surface area contributed by atoms with Crippen molar-refractivity contribution in [3.63, 3.8) is 0 Å². The van der Waals surface area contributed by atoms with E-state index in [1.54, 1.807) is 29.2 Å². The summed E-state index contributed by atoms with van der Waals surface area (Å²) in [5.41, 5.74) is 3.68. The summed E-state index contributed by atoms with van der Waals surface area (Å²) in [6.45, 7) is 3.89. The molecule has 2 aromatic heterocycles. The summed E-state index contributed by atoms with van der Waals surface area (Å²) in [7, 11) is 1.88. The molecule has 18 heavy (non-hydrogen) atoms. The fraction of sp³-hybridized carbons (Fsp3) is 0.308. The fourth-order valence-electron chi connectivity index (χ4n) is 1.87. The molecule has 1 amide bonds. The normalized spacial score (nSPS) is 10.4. The highest BCUT2D eigenvalue weighted by atomic mass is 16.1. The van der Waals surface area contributed by atoms with Crippen molar-refractivity contribution in [2.45, 2.75) is 20.3 Å². The van der Waals surface area contributed by atoms with Gasteiger partial charge in [0.2, 0.25) is 5.91 Å². The van der Waals surface area contributed by atoms with E-state index in [1.807, 2.05) is 20.9 Å². The number of hydrogen-bond acceptors (Lipinski definition) is 3. The highest BCUT2D eigenvalue weighted by Crippen LogP contribution is 2.13. The Morgan fingerprint density at radius 3 is 2.56 bits per heavy atom. The molecule has 0 aromatic carbocycles. The molecule has 1 N–H and O–H groups in total. The van der Waals surface area contributed by atoms with Crippen LogP contribution in [-0.2, 0) is 18.3 Å². The summed E-state index contributed by atoms with van der Waals surface area (Å²) in [6.07, 6.45) is 3.64. The van der Waals surface area contributed by atoms with Gasteiger partial charge in [-0.1, -0.05) is 0 Å². The number of nitrogens with one attached hydrogen (secondary N) is 1. The second kappa shape index (κ2) is 5.00. The van der Waals surface area contributed by atoms with Gasteiger partial charge in [-0.2, -0.15) is 5.10 Å². The van der Waals surface area contributed by atoms with E-state index in [4.69, 9.17) is 0 Å². The molecule has 0 unspecified atom stereocenters. The average Bonchev–Trinajstić information content (AvgIpc) is 2.57. The zero-order chi connectivity index (χ0) is 13.1. The van der Waals surface area contributed by atoms with Crippen LogP contribution >= 0.6 is 0 Å². The minimum Gasteiger partial charge on any atom is -0.326 e. The van der Waals surface area contributed by atoms with E-state index in [9.17, 15) is 4.79 Å². The van der Waals surface area contributed by atoms with Crippen LogP contribution in [0.3, 0.4) is 0 Å². The standard InChI is InChI=1S/C13H16N4O/c1-9-12(10(2)17(3)16-9)8-13(18)15-11-4-6-14-7-5-11/h4-7H,8H2,1-3H3,(H,14,15,18). The second-order valence-corrected chi connectivity index (χ2v) is 4.23. The Bertz CT molecular complexity index is 560. The Hall–Kier alpha value is -2.17. The Balaban J connectivity index is 2.08. The topological polar surface area (TPSA) is 59.8 Å². The quantitative estimate of drug-likeness (QED) is 0.892. The summed E-state index contributed by atoms with van der Waals surface area (Å²) < 4.78 is 1.80. The predicted molar refractivity (Wildman–Crippen MR) is 69.3 cm³/mol. The zero-order valence-electron chi connectivity index (χ0n) is 10.8. The van der Waals surface area contributed by atoms with Crippen LogP contribution in [0.5, 0.6) is 0 Å². The first-order valence-electron chi connectivity index (χ1n) is 5.77. The molecule has 2 rings (SSSR count). The lowest BCUT2D eigenvalue weighted by molar-refractivity contribution is -0.115. The summed E-state index contributed by atoms with van der Waals surface area (Å²) in [6, 6.07) is 3.53. The molecule has 5 heteroatoms. The third-order valence-electron chi connectivity index (χ3n) is 2.96. The Kier molecular flexibility index (Phi) is 3.41. The third kappa shape index (κ3) is 2.56. The number of carbonyl (C=O) groups is 1. The molecule has 5 nitrogen and oxygen atoms in total. The van der Waals surface area contributed by atoms with Gasteiger partial charge in [0.1, 0.15) is 0 Å². The van der Waals surface area contributed by atoms with E-state index < -0.39 is 0 Å². The number of anilines is 1. The molecule has 2 heterocycles. The van der Waals surface area contributed by atoms with Crippen LogP contribution in [0.4, 0.5) is 5.69 Å². The molecule has 0 aliphatic rings. The van der Waals surface area contributed by atoms with Gasteiger partial charge >= 0.3 is 0 Å². The molecule has 0 spiro atoms. The monoisotopic (exact) mass is 244 g/mol. The van der Waals surface area contributed by atoms with Gasteiger partial charge in [-0.05, 0) is 26.0 Å². The molecular weight excluding hydrogens is 228 g/mol. The lowest BCUT2D eigenvalue weighted by Gasteiger charge is -2.05. The van der Waals surface area contributed by atoms with E-state index in [0.29, 0.717) is 6.42 Å². The fourth-order valence-corrected chi connectivity index (χ4v) is 1.87. The number of aromatic nitrogens is 3. The van der Waals surface area contributed by atoms with Crippen molar-refractivity contribution in [3.8, 4) is 0 Å². The van der Waals surface area contributed by atoms with E-state index in [0.717, 1.165) is 22.6 Å². The number of amides is 1. The van der Waals surface area contributed by atoms with Crippen LogP contribution < -0.4 is 5.32 Å². The van der Waals surface area contributed by atoms with Crippen LogP contribution in [-0.4, -0.2) is 20.7 Å². The largest absolute Gasteiger partial charge is 0.326 e. The van der Waals surface area contributed by atoms with Gasteiger partial charge in [-0.15, -0.1) is 0 Å². The zero-order valence-corrected chi connectivity index (χ0v) is 10.8. The molecule has 2 aromatic rings. The number of hydrogen-bond donors (Lipinski definition) is 1. The molecule has 0 saturated heterocycles. The Morgan fingerprint density at radius 2 is 2.00 bits per heavy atom. The van der Waals surface area contributed by atoms with E-state index >= 15 is 0 Å². The van der Waals surface area contributed by atoms with Crippen molar-refractivity contribution in [2.75, 3.05) is 5.32 Å². The maximum atomic E-state index is 11.9. The van der Waals surface area contributed by atoms with Crippen molar-refractivity contribution in [3.05, 3.63) is 41.5 Å². The van der Waals surface area contributed by atoms with Crippen LogP contribution in [0, 0.1) is 13.8 Å². The van der Waals surface area contributed by atoms with Crippen molar-refractivity contribution < 1.29 is 4.79 Å². The Labute approximate surface area is 106 Å². The average molecular weight is 244 g/mol. The third-order valence-corrected chi connectivity index (χ3v) is 2.96. The SMILES string of the molecule is Cc1nn(C)c(C)c1CC(=O)Nc1ccncc1. The highest BCUT2D eigenvalue weighted by molar-refractivity contribution is 5.92. The molecular formula is C13H16N4O. The lowest BCUT2D eigenvalue weighted by Crippen LogP contribution is -2.15. The summed E-state index contributed by atoms with van der Waals surface area (Å²) in [5.74, 6) is -0.0413. The van der Waals surface area contributed by atoms with Crippen molar-refractivity contribution in [2.24, 2.45) is 7.05 Å². The number of rotatable bonds is 3. The smallest absolute Gasteiger partial charge is 0.228 e. The summed E-state index contributed by atoms with van der Waals surface area (Å²) >= 11 is 0. The van der Waals surface area contributed by atoms with Crippen LogP contribution in [0.15, 0.2) is 24.5 Å². The molecule has 0 atom stereocenters. The Morgan fingerprint density at radius 1 is 1.33 bits per heavy atom. The van der Waals surface area contributed by atoms with Crippen molar-refractivity contribution in [1.29, 1.82) is 0 Å². The minimum atomic E-state index is -0.0413. The van der Waals surface area contributed by atoms with Crippen LogP contribution in [0.25, 0.3) is 0 Å². The van der Waals surface area contributed by atoms with Gasteiger partial charge in [0, 0.05) is 36.4 Å². The molecule has 0 fully saturated rings. The molecule has 0 saturated carbocycles. The second-order valence-electron chi connectivity index (χ2n) is 4.23. The number of carbonyl (C=O) groups excluding carboxylic acids is 1. The number of nitrogens with zero attached hydrogens (tertiary/aromatic N) is 3.